The zero-order valence-electron chi connectivity index (χ0n) is 12.3. The number of fused-ring (bicyclic) bond motifs is 1. The van der Waals surface area contributed by atoms with Crippen molar-refractivity contribution in [2.24, 2.45) is 0 Å². The number of aryl methyl sites for hydroxylation is 1. The Labute approximate surface area is 131 Å². The molecule has 116 valence electrons. The fraction of sp³-hybridized carbons (Fsp3) is 0.125. The normalized spacial score (nSPS) is 10.8. The molecule has 0 saturated carbocycles. The highest BCUT2D eigenvalue weighted by Gasteiger charge is 2.16. The molecule has 0 fully saturated rings. The number of benzene rings is 2. The van der Waals surface area contributed by atoms with Gasteiger partial charge in [-0.3, -0.25) is 10.1 Å². The Morgan fingerprint density at radius 1 is 1.30 bits per heavy atom. The number of carboxylic acid groups (broad SMARTS) is 1. The molecule has 0 aliphatic rings. The molecular formula is C16H13N3O4. The van der Waals surface area contributed by atoms with Crippen molar-refractivity contribution in [3.8, 4) is 0 Å². The summed E-state index contributed by atoms with van der Waals surface area (Å²) in [5, 5.41) is 20.3. The van der Waals surface area contributed by atoms with Crippen LogP contribution in [0.3, 0.4) is 0 Å². The van der Waals surface area contributed by atoms with Crippen molar-refractivity contribution in [2.75, 3.05) is 0 Å². The largest absolute Gasteiger partial charge is 0.478 e. The Bertz CT molecular complexity index is 930. The summed E-state index contributed by atoms with van der Waals surface area (Å²) in [6.07, 6.45) is 0. The highest BCUT2D eigenvalue weighted by molar-refractivity contribution is 5.92. The van der Waals surface area contributed by atoms with Crippen molar-refractivity contribution in [3.63, 3.8) is 0 Å². The maximum atomic E-state index is 11.1. The Balaban J connectivity index is 2.13. The third-order valence-electron chi connectivity index (χ3n) is 3.70. The number of carboxylic acids is 1. The van der Waals surface area contributed by atoms with E-state index in [9.17, 15) is 14.9 Å². The number of aromatic nitrogens is 2. The molecule has 7 heteroatoms. The summed E-state index contributed by atoms with van der Waals surface area (Å²) in [7, 11) is 0. The number of nitro benzene ring substituents is 1. The van der Waals surface area contributed by atoms with Crippen molar-refractivity contribution in [2.45, 2.75) is 13.5 Å². The molecule has 1 N–H and O–H groups in total. The number of carbonyl (C=O) groups is 1. The molecule has 0 radical (unpaired) electrons. The van der Waals surface area contributed by atoms with Gasteiger partial charge in [0.15, 0.2) is 0 Å². The van der Waals surface area contributed by atoms with Crippen LogP contribution in [0.4, 0.5) is 5.69 Å². The minimum Gasteiger partial charge on any atom is -0.478 e. The molecular weight excluding hydrogens is 298 g/mol. The molecule has 0 atom stereocenters. The third-order valence-corrected chi connectivity index (χ3v) is 3.70. The average molecular weight is 311 g/mol. The van der Waals surface area contributed by atoms with Gasteiger partial charge in [-0.2, -0.15) is 0 Å². The summed E-state index contributed by atoms with van der Waals surface area (Å²) in [5.41, 5.74) is 2.02. The van der Waals surface area contributed by atoms with Gasteiger partial charge in [-0.15, -0.1) is 0 Å². The quantitative estimate of drug-likeness (QED) is 0.590. The van der Waals surface area contributed by atoms with Gasteiger partial charge in [0.05, 0.1) is 28.1 Å². The Hall–Kier alpha value is -3.22. The number of rotatable bonds is 4. The van der Waals surface area contributed by atoms with Gasteiger partial charge < -0.3 is 9.67 Å². The molecule has 1 heterocycles. The Morgan fingerprint density at radius 3 is 2.74 bits per heavy atom. The van der Waals surface area contributed by atoms with E-state index in [0.717, 1.165) is 0 Å². The van der Waals surface area contributed by atoms with E-state index in [1.807, 2.05) is 0 Å². The summed E-state index contributed by atoms with van der Waals surface area (Å²) < 4.78 is 1.78. The lowest BCUT2D eigenvalue weighted by atomic mass is 10.1. The van der Waals surface area contributed by atoms with Crippen LogP contribution >= 0.6 is 0 Å². The van der Waals surface area contributed by atoms with Crippen molar-refractivity contribution in [1.82, 2.24) is 9.55 Å². The number of hydrogen-bond donors (Lipinski definition) is 1. The van der Waals surface area contributed by atoms with E-state index in [0.29, 0.717) is 22.4 Å². The summed E-state index contributed by atoms with van der Waals surface area (Å²) in [4.78, 5) is 26.3. The molecule has 0 aliphatic heterocycles. The lowest BCUT2D eigenvalue weighted by molar-refractivity contribution is -0.385. The summed E-state index contributed by atoms with van der Waals surface area (Å²) >= 11 is 0. The van der Waals surface area contributed by atoms with Crippen molar-refractivity contribution < 1.29 is 14.8 Å². The molecule has 3 aromatic rings. The fourth-order valence-electron chi connectivity index (χ4n) is 2.57. The maximum Gasteiger partial charge on any atom is 0.335 e. The van der Waals surface area contributed by atoms with Gasteiger partial charge in [0.2, 0.25) is 0 Å². The third kappa shape index (κ3) is 2.64. The van der Waals surface area contributed by atoms with Crippen LogP contribution in [0.2, 0.25) is 0 Å². The van der Waals surface area contributed by atoms with Gasteiger partial charge in [-0.05, 0) is 25.1 Å². The van der Waals surface area contributed by atoms with E-state index in [1.54, 1.807) is 35.8 Å². The number of hydrogen-bond acceptors (Lipinski definition) is 4. The van der Waals surface area contributed by atoms with Gasteiger partial charge in [-0.1, -0.05) is 18.2 Å². The summed E-state index contributed by atoms with van der Waals surface area (Å²) in [6.45, 7) is 2.04. The number of aromatic carboxylic acids is 1. The van der Waals surface area contributed by atoms with Crippen molar-refractivity contribution in [1.29, 1.82) is 0 Å². The number of nitrogens with zero attached hydrogens (tertiary/aromatic N) is 3. The lowest BCUT2D eigenvalue weighted by Crippen LogP contribution is -2.05. The Kier molecular flexibility index (Phi) is 3.53. The van der Waals surface area contributed by atoms with E-state index in [2.05, 4.69) is 4.98 Å². The molecule has 0 saturated heterocycles. The monoisotopic (exact) mass is 311 g/mol. The molecule has 3 rings (SSSR count). The first-order valence-electron chi connectivity index (χ1n) is 6.90. The minimum absolute atomic E-state index is 0.0307. The van der Waals surface area contributed by atoms with E-state index in [-0.39, 0.29) is 17.8 Å². The van der Waals surface area contributed by atoms with Crippen molar-refractivity contribution >= 4 is 22.7 Å². The van der Waals surface area contributed by atoms with Crippen LogP contribution in [0.15, 0.2) is 42.5 Å². The second kappa shape index (κ2) is 5.53. The smallest absolute Gasteiger partial charge is 0.335 e. The van der Waals surface area contributed by atoms with Gasteiger partial charge >= 0.3 is 5.97 Å². The van der Waals surface area contributed by atoms with Crippen LogP contribution < -0.4 is 0 Å². The molecule has 2 aromatic carbocycles. The summed E-state index contributed by atoms with van der Waals surface area (Å²) in [6, 6.07) is 11.2. The van der Waals surface area contributed by atoms with Crippen LogP contribution in [0.5, 0.6) is 0 Å². The molecule has 0 unspecified atom stereocenters. The predicted octanol–water partition coefficient (Wildman–Crippen LogP) is 3.00. The molecule has 0 spiro atoms. The number of imidazole rings is 1. The van der Waals surface area contributed by atoms with Gasteiger partial charge in [0, 0.05) is 11.6 Å². The molecule has 0 bridgehead atoms. The maximum absolute atomic E-state index is 11.1. The molecule has 1 aromatic heterocycles. The zero-order valence-corrected chi connectivity index (χ0v) is 12.3. The van der Waals surface area contributed by atoms with Gasteiger partial charge in [-0.25, -0.2) is 9.78 Å². The van der Waals surface area contributed by atoms with Crippen LogP contribution in [-0.4, -0.2) is 25.6 Å². The fourth-order valence-corrected chi connectivity index (χ4v) is 2.57. The molecule has 7 nitrogen and oxygen atoms in total. The number of para-hydroxylation sites is 1. The van der Waals surface area contributed by atoms with Crippen LogP contribution in [-0.2, 0) is 6.54 Å². The van der Waals surface area contributed by atoms with E-state index < -0.39 is 10.9 Å². The number of nitro groups is 1. The summed E-state index contributed by atoms with van der Waals surface area (Å²) in [5.74, 6) is -0.358. The van der Waals surface area contributed by atoms with Gasteiger partial charge in [0.25, 0.3) is 5.69 Å². The lowest BCUT2D eigenvalue weighted by Gasteiger charge is -2.08. The van der Waals surface area contributed by atoms with E-state index in [4.69, 9.17) is 5.11 Å². The minimum atomic E-state index is -1.03. The topological polar surface area (TPSA) is 98.3 Å². The van der Waals surface area contributed by atoms with E-state index in [1.165, 1.54) is 18.2 Å². The highest BCUT2D eigenvalue weighted by atomic mass is 16.6. The first-order chi connectivity index (χ1) is 11.0. The second-order valence-corrected chi connectivity index (χ2v) is 5.14. The SMILES string of the molecule is Cc1nc2ccc(C(=O)O)cc2n1Cc1ccccc1[N+](=O)[O-]. The highest BCUT2D eigenvalue weighted by Crippen LogP contribution is 2.23. The standard InChI is InChI=1S/C16H13N3O4/c1-10-17-13-7-6-11(16(20)21)8-15(13)18(10)9-12-4-2-3-5-14(12)19(22)23/h2-8H,9H2,1H3,(H,20,21). The molecule has 23 heavy (non-hydrogen) atoms. The van der Waals surface area contributed by atoms with Crippen molar-refractivity contribution in [3.05, 3.63) is 69.5 Å². The first kappa shape index (κ1) is 14.7. The molecule has 0 amide bonds. The average Bonchev–Trinajstić information content (AvgIpc) is 2.83. The Morgan fingerprint density at radius 2 is 2.04 bits per heavy atom. The van der Waals surface area contributed by atoms with E-state index >= 15 is 0 Å². The second-order valence-electron chi connectivity index (χ2n) is 5.14. The molecule has 0 aliphatic carbocycles. The van der Waals surface area contributed by atoms with Crippen LogP contribution in [0.25, 0.3) is 11.0 Å². The van der Waals surface area contributed by atoms with Crippen LogP contribution in [0.1, 0.15) is 21.7 Å². The van der Waals surface area contributed by atoms with Gasteiger partial charge in [0.1, 0.15) is 5.82 Å². The predicted molar refractivity (Wildman–Crippen MR) is 83.6 cm³/mol. The zero-order chi connectivity index (χ0) is 16.6. The van der Waals surface area contributed by atoms with Crippen LogP contribution in [0, 0.1) is 17.0 Å². The first-order valence-corrected chi connectivity index (χ1v) is 6.90.